The summed E-state index contributed by atoms with van der Waals surface area (Å²) in [6, 6.07) is 4.08. The molecule has 0 aliphatic rings. The van der Waals surface area contributed by atoms with Gasteiger partial charge in [-0.3, -0.25) is 0 Å². The van der Waals surface area contributed by atoms with Crippen LogP contribution < -0.4 is 4.74 Å². The number of ether oxygens (including phenoxy) is 1. The maximum atomic E-state index is 13.5. The molecule has 0 N–H and O–H groups in total. The highest BCUT2D eigenvalue weighted by Gasteiger charge is 2.28. The van der Waals surface area contributed by atoms with Crippen molar-refractivity contribution in [3.8, 4) is 5.75 Å². The Bertz CT molecular complexity index is 911. The maximum Gasteiger partial charge on any atom is 0.343 e. The Morgan fingerprint density at radius 1 is 0.957 bits per heavy atom. The zero-order valence-corrected chi connectivity index (χ0v) is 11.7. The summed E-state index contributed by atoms with van der Waals surface area (Å²) >= 11 is 1.30. The van der Waals surface area contributed by atoms with Crippen molar-refractivity contribution in [2.45, 2.75) is 0 Å². The van der Waals surface area contributed by atoms with Gasteiger partial charge >= 0.3 is 5.97 Å². The van der Waals surface area contributed by atoms with Gasteiger partial charge in [-0.15, -0.1) is 11.3 Å². The molecule has 0 spiro atoms. The summed E-state index contributed by atoms with van der Waals surface area (Å²) in [5, 5.41) is 0. The van der Waals surface area contributed by atoms with Crippen LogP contribution in [0.25, 0.3) is 10.2 Å². The summed E-state index contributed by atoms with van der Waals surface area (Å²) in [6.07, 6.45) is 0. The van der Waals surface area contributed by atoms with Gasteiger partial charge in [0.25, 0.3) is 0 Å². The molecule has 0 saturated heterocycles. The van der Waals surface area contributed by atoms with Crippen molar-refractivity contribution in [1.82, 2.24) is 4.98 Å². The molecule has 0 aliphatic carbocycles. The molecule has 3 nitrogen and oxygen atoms in total. The van der Waals surface area contributed by atoms with E-state index in [9.17, 15) is 26.7 Å². The molecule has 0 saturated carbocycles. The number of benzene rings is 2. The minimum absolute atomic E-state index is 0.146. The normalized spacial score (nSPS) is 11.0. The number of carbonyl (C=O) groups excluding carboxylic acids is 1. The van der Waals surface area contributed by atoms with Gasteiger partial charge < -0.3 is 4.74 Å². The van der Waals surface area contributed by atoms with Crippen LogP contribution in [0.1, 0.15) is 10.4 Å². The van der Waals surface area contributed by atoms with Crippen molar-refractivity contribution in [3.63, 3.8) is 0 Å². The van der Waals surface area contributed by atoms with Gasteiger partial charge in [0.2, 0.25) is 34.8 Å². The van der Waals surface area contributed by atoms with E-state index in [1.807, 2.05) is 0 Å². The average molecular weight is 345 g/mol. The molecule has 0 amide bonds. The van der Waals surface area contributed by atoms with Gasteiger partial charge in [0, 0.05) is 0 Å². The zero-order valence-electron chi connectivity index (χ0n) is 10.9. The van der Waals surface area contributed by atoms with E-state index in [0.717, 1.165) is 4.70 Å². The van der Waals surface area contributed by atoms with Crippen LogP contribution in [0.2, 0.25) is 0 Å². The number of esters is 1. The van der Waals surface area contributed by atoms with Crippen LogP contribution in [-0.2, 0) is 0 Å². The zero-order chi connectivity index (χ0) is 16.7. The Balaban J connectivity index is 2.00. The van der Waals surface area contributed by atoms with Gasteiger partial charge in [-0.05, 0) is 18.2 Å². The van der Waals surface area contributed by atoms with Crippen LogP contribution in [0.5, 0.6) is 5.75 Å². The fourth-order valence-corrected chi connectivity index (χ4v) is 2.47. The van der Waals surface area contributed by atoms with E-state index in [4.69, 9.17) is 0 Å². The summed E-state index contributed by atoms with van der Waals surface area (Å²) in [7, 11) is 0. The minimum Gasteiger partial charge on any atom is -0.416 e. The van der Waals surface area contributed by atoms with Crippen molar-refractivity contribution >= 4 is 27.5 Å². The second-order valence-corrected chi connectivity index (χ2v) is 5.21. The molecule has 118 valence electrons. The maximum absolute atomic E-state index is 13.5. The predicted molar refractivity (Wildman–Crippen MR) is 70.8 cm³/mol. The van der Waals surface area contributed by atoms with Crippen LogP contribution in [0, 0.1) is 29.1 Å². The molecule has 0 radical (unpaired) electrons. The lowest BCUT2D eigenvalue weighted by Gasteiger charge is -2.08. The van der Waals surface area contributed by atoms with E-state index in [1.54, 1.807) is 0 Å². The van der Waals surface area contributed by atoms with Gasteiger partial charge in [0.05, 0.1) is 21.3 Å². The summed E-state index contributed by atoms with van der Waals surface area (Å²) in [6.45, 7) is 0. The SMILES string of the molecule is O=C(Oc1c(F)c(F)c(F)c(F)c1F)c1ccc2scnc2c1. The monoisotopic (exact) mass is 345 g/mol. The topological polar surface area (TPSA) is 39.2 Å². The fraction of sp³-hybridized carbons (Fsp3) is 0. The first kappa shape index (κ1) is 15.3. The highest BCUT2D eigenvalue weighted by atomic mass is 32.1. The van der Waals surface area contributed by atoms with Crippen molar-refractivity contribution in [2.75, 3.05) is 0 Å². The lowest BCUT2D eigenvalue weighted by atomic mass is 10.2. The van der Waals surface area contributed by atoms with E-state index in [-0.39, 0.29) is 5.56 Å². The molecule has 1 heterocycles. The third-order valence-corrected chi connectivity index (χ3v) is 3.74. The van der Waals surface area contributed by atoms with Crippen molar-refractivity contribution < 1.29 is 31.5 Å². The van der Waals surface area contributed by atoms with Crippen molar-refractivity contribution in [3.05, 3.63) is 58.4 Å². The fourth-order valence-electron chi connectivity index (χ4n) is 1.81. The number of rotatable bonds is 2. The summed E-state index contributed by atoms with van der Waals surface area (Å²) in [5.41, 5.74) is 1.80. The highest BCUT2D eigenvalue weighted by molar-refractivity contribution is 7.16. The van der Waals surface area contributed by atoms with E-state index in [2.05, 4.69) is 9.72 Å². The molecule has 9 heteroatoms. The van der Waals surface area contributed by atoms with E-state index in [0.29, 0.717) is 5.52 Å². The molecule has 2 aromatic carbocycles. The molecule has 23 heavy (non-hydrogen) atoms. The molecular formula is C14H4F5NO2S. The van der Waals surface area contributed by atoms with Crippen LogP contribution in [0.15, 0.2) is 23.7 Å². The number of carbonyl (C=O) groups is 1. The Labute approximate surface area is 128 Å². The van der Waals surface area contributed by atoms with E-state index < -0.39 is 40.8 Å². The second-order valence-electron chi connectivity index (χ2n) is 4.32. The van der Waals surface area contributed by atoms with Gasteiger partial charge in [-0.1, -0.05) is 0 Å². The van der Waals surface area contributed by atoms with E-state index in [1.165, 1.54) is 35.0 Å². The Hall–Kier alpha value is -2.55. The molecule has 3 rings (SSSR count). The first-order valence-corrected chi connectivity index (χ1v) is 6.85. The van der Waals surface area contributed by atoms with Gasteiger partial charge in [-0.2, -0.15) is 8.78 Å². The minimum atomic E-state index is -2.33. The Morgan fingerprint density at radius 2 is 1.57 bits per heavy atom. The molecule has 0 bridgehead atoms. The summed E-state index contributed by atoms with van der Waals surface area (Å²) in [4.78, 5) is 15.8. The molecule has 0 fully saturated rings. The summed E-state index contributed by atoms with van der Waals surface area (Å²) < 4.78 is 71.1. The number of halogens is 5. The number of aromatic nitrogens is 1. The van der Waals surface area contributed by atoms with Gasteiger partial charge in [0.15, 0.2) is 0 Å². The van der Waals surface area contributed by atoms with Crippen LogP contribution in [0.4, 0.5) is 22.0 Å². The van der Waals surface area contributed by atoms with Crippen molar-refractivity contribution in [1.29, 1.82) is 0 Å². The third-order valence-electron chi connectivity index (χ3n) is 2.93. The molecule has 3 aromatic rings. The first-order chi connectivity index (χ1) is 10.9. The van der Waals surface area contributed by atoms with Crippen LogP contribution >= 0.6 is 11.3 Å². The Kier molecular flexibility index (Phi) is 3.72. The molecule has 0 unspecified atom stereocenters. The van der Waals surface area contributed by atoms with Crippen LogP contribution in [-0.4, -0.2) is 11.0 Å². The van der Waals surface area contributed by atoms with Gasteiger partial charge in [0.1, 0.15) is 0 Å². The smallest absolute Gasteiger partial charge is 0.343 e. The predicted octanol–water partition coefficient (Wildman–Crippen LogP) is 4.21. The number of nitrogens with zero attached hydrogens (tertiary/aromatic N) is 1. The van der Waals surface area contributed by atoms with Crippen LogP contribution in [0.3, 0.4) is 0 Å². The molecule has 0 aliphatic heterocycles. The van der Waals surface area contributed by atoms with Gasteiger partial charge in [-0.25, -0.2) is 22.9 Å². The van der Waals surface area contributed by atoms with E-state index >= 15 is 0 Å². The molecule has 1 aromatic heterocycles. The number of hydrogen-bond acceptors (Lipinski definition) is 4. The van der Waals surface area contributed by atoms with Crippen molar-refractivity contribution in [2.24, 2.45) is 0 Å². The Morgan fingerprint density at radius 3 is 2.22 bits per heavy atom. The molecular weight excluding hydrogens is 341 g/mol. The first-order valence-electron chi connectivity index (χ1n) is 5.97. The molecule has 0 atom stereocenters. The number of thiazole rings is 1. The quantitative estimate of drug-likeness (QED) is 0.230. The third kappa shape index (κ3) is 2.52. The number of fused-ring (bicyclic) bond motifs is 1. The highest BCUT2D eigenvalue weighted by Crippen LogP contribution is 2.30. The lowest BCUT2D eigenvalue weighted by molar-refractivity contribution is 0.0716. The average Bonchev–Trinajstić information content (AvgIpc) is 3.02. The number of hydrogen-bond donors (Lipinski definition) is 0. The second kappa shape index (κ2) is 5.58. The lowest BCUT2D eigenvalue weighted by Crippen LogP contribution is -2.13. The summed E-state index contributed by atoms with van der Waals surface area (Å²) in [5.74, 6) is -14.1. The largest absolute Gasteiger partial charge is 0.416 e. The standard InChI is InChI=1S/C14H4F5NO2S/c15-8-9(16)11(18)13(12(19)10(8)17)22-14(21)5-1-2-7-6(3-5)20-4-23-7/h1-4H.